The van der Waals surface area contributed by atoms with Crippen LogP contribution in [0, 0.1) is 0 Å². The van der Waals surface area contributed by atoms with Gasteiger partial charge in [0, 0.05) is 24.0 Å². The second-order valence-corrected chi connectivity index (χ2v) is 7.18. The lowest BCUT2D eigenvalue weighted by Crippen LogP contribution is -2.23. The number of ether oxygens (including phenoxy) is 1. The molecule has 1 saturated heterocycles. The molecule has 0 N–H and O–H groups in total. The first-order valence-electron chi connectivity index (χ1n) is 9.61. The van der Waals surface area contributed by atoms with Crippen LogP contribution in [0.25, 0.3) is 11.0 Å². The van der Waals surface area contributed by atoms with Crippen molar-refractivity contribution in [3.63, 3.8) is 0 Å². The van der Waals surface area contributed by atoms with Crippen LogP contribution in [0.2, 0.25) is 0 Å². The van der Waals surface area contributed by atoms with E-state index in [-0.39, 0.29) is 5.63 Å². The lowest BCUT2D eigenvalue weighted by Gasteiger charge is -2.25. The summed E-state index contributed by atoms with van der Waals surface area (Å²) in [4.78, 5) is 14.6. The van der Waals surface area contributed by atoms with Gasteiger partial charge >= 0.3 is 5.63 Å². The van der Waals surface area contributed by atoms with Crippen LogP contribution in [-0.4, -0.2) is 18.6 Å². The van der Waals surface area contributed by atoms with Gasteiger partial charge in [-0.2, -0.15) is 0 Å². The zero-order valence-corrected chi connectivity index (χ0v) is 15.9. The third-order valence-electron chi connectivity index (χ3n) is 5.52. The van der Waals surface area contributed by atoms with E-state index in [4.69, 9.17) is 9.15 Å². The summed E-state index contributed by atoms with van der Waals surface area (Å²) in [6.45, 7) is 3.87. The molecule has 4 heteroatoms. The molecule has 4 rings (SSSR count). The SMILES string of the molecule is CCc1ccc2c(CN3CCC[C@@H]3c3cccc(OC)c3)cc(=O)oc2c1. The third-order valence-corrected chi connectivity index (χ3v) is 5.52. The maximum Gasteiger partial charge on any atom is 0.336 e. The number of hydrogen-bond acceptors (Lipinski definition) is 4. The second-order valence-electron chi connectivity index (χ2n) is 7.18. The maximum absolute atomic E-state index is 12.1. The lowest BCUT2D eigenvalue weighted by atomic mass is 10.0. The molecule has 2 aromatic carbocycles. The molecule has 1 aliphatic heterocycles. The number of benzene rings is 2. The van der Waals surface area contributed by atoms with Crippen LogP contribution in [0.3, 0.4) is 0 Å². The smallest absolute Gasteiger partial charge is 0.336 e. The Kier molecular flexibility index (Phi) is 4.99. The zero-order chi connectivity index (χ0) is 18.8. The molecule has 0 spiro atoms. The minimum Gasteiger partial charge on any atom is -0.497 e. The number of methoxy groups -OCH3 is 1. The van der Waals surface area contributed by atoms with Gasteiger partial charge in [0.05, 0.1) is 7.11 Å². The number of rotatable bonds is 5. The van der Waals surface area contributed by atoms with Crippen LogP contribution >= 0.6 is 0 Å². The average Bonchev–Trinajstić information content (AvgIpc) is 3.15. The zero-order valence-electron chi connectivity index (χ0n) is 15.9. The number of hydrogen-bond donors (Lipinski definition) is 0. The molecule has 0 bridgehead atoms. The van der Waals surface area contributed by atoms with Crippen LogP contribution in [0.15, 0.2) is 57.7 Å². The average molecular weight is 363 g/mol. The molecule has 1 atom stereocenters. The molecule has 0 amide bonds. The van der Waals surface area contributed by atoms with Crippen molar-refractivity contribution in [3.05, 3.63) is 75.6 Å². The highest BCUT2D eigenvalue weighted by Gasteiger charge is 2.27. The van der Waals surface area contributed by atoms with E-state index in [0.29, 0.717) is 11.6 Å². The monoisotopic (exact) mass is 363 g/mol. The van der Waals surface area contributed by atoms with Crippen molar-refractivity contribution in [1.29, 1.82) is 0 Å². The van der Waals surface area contributed by atoms with Crippen LogP contribution in [-0.2, 0) is 13.0 Å². The van der Waals surface area contributed by atoms with E-state index in [2.05, 4.69) is 36.1 Å². The Hall–Kier alpha value is -2.59. The van der Waals surface area contributed by atoms with Gasteiger partial charge in [0.15, 0.2) is 0 Å². The van der Waals surface area contributed by atoms with Crippen LogP contribution in [0.4, 0.5) is 0 Å². The fourth-order valence-corrected chi connectivity index (χ4v) is 4.09. The molecule has 0 radical (unpaired) electrons. The minimum atomic E-state index is -0.275. The first-order valence-corrected chi connectivity index (χ1v) is 9.61. The van der Waals surface area contributed by atoms with Gasteiger partial charge in [-0.05, 0) is 60.7 Å². The Morgan fingerprint density at radius 2 is 2.07 bits per heavy atom. The van der Waals surface area contributed by atoms with Crippen molar-refractivity contribution in [2.75, 3.05) is 13.7 Å². The Morgan fingerprint density at radius 3 is 2.89 bits per heavy atom. The third kappa shape index (κ3) is 3.62. The first-order chi connectivity index (χ1) is 13.2. The fourth-order valence-electron chi connectivity index (χ4n) is 4.09. The van der Waals surface area contributed by atoms with Crippen LogP contribution < -0.4 is 10.4 Å². The quantitative estimate of drug-likeness (QED) is 0.616. The van der Waals surface area contributed by atoms with E-state index in [0.717, 1.165) is 49.1 Å². The lowest BCUT2D eigenvalue weighted by molar-refractivity contribution is 0.248. The second kappa shape index (κ2) is 7.57. The van der Waals surface area contributed by atoms with Gasteiger partial charge in [0.1, 0.15) is 11.3 Å². The van der Waals surface area contributed by atoms with Crippen molar-refractivity contribution in [2.24, 2.45) is 0 Å². The predicted molar refractivity (Wildman–Crippen MR) is 107 cm³/mol. The van der Waals surface area contributed by atoms with E-state index in [1.54, 1.807) is 13.2 Å². The van der Waals surface area contributed by atoms with Gasteiger partial charge in [-0.15, -0.1) is 0 Å². The van der Waals surface area contributed by atoms with E-state index in [1.165, 1.54) is 11.1 Å². The summed E-state index contributed by atoms with van der Waals surface area (Å²) in [6.07, 6.45) is 3.20. The molecule has 27 heavy (non-hydrogen) atoms. The Morgan fingerprint density at radius 1 is 1.19 bits per heavy atom. The van der Waals surface area contributed by atoms with Crippen LogP contribution in [0.5, 0.6) is 5.75 Å². The topological polar surface area (TPSA) is 42.7 Å². The summed E-state index contributed by atoms with van der Waals surface area (Å²) in [5, 5.41) is 1.03. The number of likely N-dealkylation sites (tertiary alicyclic amines) is 1. The van der Waals surface area contributed by atoms with E-state index >= 15 is 0 Å². The molecule has 0 saturated carbocycles. The summed E-state index contributed by atoms with van der Waals surface area (Å²) in [5.41, 5.74) is 3.90. The van der Waals surface area contributed by atoms with E-state index < -0.39 is 0 Å². The number of aryl methyl sites for hydroxylation is 1. The van der Waals surface area contributed by atoms with Gasteiger partial charge in [-0.1, -0.05) is 31.2 Å². The van der Waals surface area contributed by atoms with Crippen molar-refractivity contribution in [1.82, 2.24) is 4.90 Å². The van der Waals surface area contributed by atoms with Crippen molar-refractivity contribution in [2.45, 2.75) is 38.8 Å². The summed E-state index contributed by atoms with van der Waals surface area (Å²) in [7, 11) is 1.70. The molecule has 1 aromatic heterocycles. The molecule has 140 valence electrons. The van der Waals surface area contributed by atoms with E-state index in [9.17, 15) is 4.79 Å². The number of nitrogens with zero attached hydrogens (tertiary/aromatic N) is 1. The molecule has 2 heterocycles. The molecular weight excluding hydrogens is 338 g/mol. The normalized spacial score (nSPS) is 17.5. The largest absolute Gasteiger partial charge is 0.497 e. The molecule has 4 nitrogen and oxygen atoms in total. The molecule has 3 aromatic rings. The summed E-state index contributed by atoms with van der Waals surface area (Å²) in [5.74, 6) is 0.886. The Labute approximate surface area is 159 Å². The molecule has 0 unspecified atom stereocenters. The van der Waals surface area contributed by atoms with Crippen molar-refractivity contribution in [3.8, 4) is 5.75 Å². The number of fused-ring (bicyclic) bond motifs is 1. The Balaban J connectivity index is 1.67. The highest BCUT2D eigenvalue weighted by atomic mass is 16.5. The van der Waals surface area contributed by atoms with Gasteiger partial charge in [0.25, 0.3) is 0 Å². The molecule has 1 fully saturated rings. The van der Waals surface area contributed by atoms with Gasteiger partial charge in [-0.25, -0.2) is 4.79 Å². The summed E-state index contributed by atoms with van der Waals surface area (Å²) < 4.78 is 10.9. The summed E-state index contributed by atoms with van der Waals surface area (Å²) in [6, 6.07) is 16.5. The maximum atomic E-state index is 12.1. The first kappa shape index (κ1) is 17.8. The van der Waals surface area contributed by atoms with Gasteiger partial charge in [-0.3, -0.25) is 4.90 Å². The highest BCUT2D eigenvalue weighted by molar-refractivity contribution is 5.80. The predicted octanol–water partition coefficient (Wildman–Crippen LogP) is 4.70. The van der Waals surface area contributed by atoms with Gasteiger partial charge < -0.3 is 9.15 Å². The fraction of sp³-hybridized carbons (Fsp3) is 0.348. The van der Waals surface area contributed by atoms with Crippen molar-refractivity contribution < 1.29 is 9.15 Å². The standard InChI is InChI=1S/C23H25NO3/c1-3-16-9-10-20-18(14-23(25)27-22(20)12-16)15-24-11-5-8-21(24)17-6-4-7-19(13-17)26-2/h4,6-7,9-10,12-14,21H,3,5,8,11,15H2,1-2H3/t21-/m1/s1. The van der Waals surface area contributed by atoms with Crippen LogP contribution in [0.1, 0.15) is 42.5 Å². The van der Waals surface area contributed by atoms with Crippen molar-refractivity contribution >= 4 is 11.0 Å². The molecule has 1 aliphatic rings. The molecule has 0 aliphatic carbocycles. The van der Waals surface area contributed by atoms with Gasteiger partial charge in [0.2, 0.25) is 0 Å². The Bertz CT molecular complexity index is 1010. The summed E-state index contributed by atoms with van der Waals surface area (Å²) >= 11 is 0. The van der Waals surface area contributed by atoms with E-state index in [1.807, 2.05) is 18.2 Å². The highest BCUT2D eigenvalue weighted by Crippen LogP contribution is 2.35. The minimum absolute atomic E-state index is 0.275. The molecular formula is C23H25NO3.